The molecule has 1 atom stereocenters. The minimum Gasteiger partial charge on any atom is -0.406 e. The Morgan fingerprint density at radius 3 is 2.52 bits per heavy atom. The number of alkyl halides is 3. The van der Waals surface area contributed by atoms with E-state index in [4.69, 9.17) is 17.3 Å². The van der Waals surface area contributed by atoms with Gasteiger partial charge in [0, 0.05) is 9.50 Å². The molecule has 0 radical (unpaired) electrons. The van der Waals surface area contributed by atoms with Gasteiger partial charge in [-0.05, 0) is 41.5 Å². The molecular weight excluding hydrogens is 371 g/mol. The Bertz CT molecular complexity index is 648. The van der Waals surface area contributed by atoms with Gasteiger partial charge >= 0.3 is 6.36 Å². The molecule has 21 heavy (non-hydrogen) atoms. The summed E-state index contributed by atoms with van der Waals surface area (Å²) in [4.78, 5) is 0. The molecule has 7 heteroatoms. The largest absolute Gasteiger partial charge is 0.573 e. The van der Waals surface area contributed by atoms with E-state index in [2.05, 4.69) is 20.7 Å². The maximum absolute atomic E-state index is 12.2. The number of benzene rings is 2. The zero-order valence-corrected chi connectivity index (χ0v) is 12.8. The third-order valence-electron chi connectivity index (χ3n) is 2.74. The summed E-state index contributed by atoms with van der Waals surface area (Å²) in [6, 6.07) is 10.00. The number of hydrogen-bond donors (Lipinski definition) is 1. The number of hydrogen-bond acceptors (Lipinski definition) is 2. The van der Waals surface area contributed by atoms with E-state index < -0.39 is 12.4 Å². The molecule has 0 spiro atoms. The lowest BCUT2D eigenvalue weighted by Crippen LogP contribution is -2.18. The van der Waals surface area contributed by atoms with Crippen LogP contribution < -0.4 is 10.5 Å². The topological polar surface area (TPSA) is 35.2 Å². The van der Waals surface area contributed by atoms with E-state index in [-0.39, 0.29) is 5.75 Å². The highest BCUT2D eigenvalue weighted by atomic mass is 79.9. The number of ether oxygens (including phenoxy) is 1. The third-order valence-corrected chi connectivity index (χ3v) is 3.70. The van der Waals surface area contributed by atoms with Crippen molar-refractivity contribution in [2.75, 3.05) is 0 Å². The van der Waals surface area contributed by atoms with Gasteiger partial charge in [-0.2, -0.15) is 0 Å². The van der Waals surface area contributed by atoms with Crippen LogP contribution in [0.25, 0.3) is 0 Å². The molecule has 0 heterocycles. The standard InChI is InChI=1S/C14H10BrClF3NO/c15-12-5-4-9(16)7-11(12)13(20)8-2-1-3-10(6-8)21-14(17,18)19/h1-7,13H,20H2. The fourth-order valence-corrected chi connectivity index (χ4v) is 2.51. The first kappa shape index (κ1) is 16.1. The number of nitrogens with two attached hydrogens (primary N) is 1. The molecule has 2 nitrogen and oxygen atoms in total. The average molecular weight is 381 g/mol. The Kier molecular flexibility index (Phi) is 4.81. The summed E-state index contributed by atoms with van der Waals surface area (Å²) in [6.07, 6.45) is -4.74. The lowest BCUT2D eigenvalue weighted by atomic mass is 9.99. The van der Waals surface area contributed by atoms with Crippen LogP contribution in [-0.4, -0.2) is 6.36 Å². The van der Waals surface area contributed by atoms with Gasteiger partial charge in [0.25, 0.3) is 0 Å². The van der Waals surface area contributed by atoms with Crippen molar-refractivity contribution in [3.63, 3.8) is 0 Å². The summed E-state index contributed by atoms with van der Waals surface area (Å²) in [5.41, 5.74) is 7.25. The molecule has 112 valence electrons. The molecule has 0 amide bonds. The highest BCUT2D eigenvalue weighted by Crippen LogP contribution is 2.31. The SMILES string of the molecule is NC(c1cccc(OC(F)(F)F)c1)c1cc(Cl)ccc1Br. The lowest BCUT2D eigenvalue weighted by molar-refractivity contribution is -0.274. The van der Waals surface area contributed by atoms with E-state index in [0.717, 1.165) is 4.47 Å². The molecule has 0 bridgehead atoms. The Hall–Kier alpha value is -1.24. The molecule has 0 fully saturated rings. The summed E-state index contributed by atoms with van der Waals surface area (Å²) in [7, 11) is 0. The summed E-state index contributed by atoms with van der Waals surface area (Å²) < 4.78 is 41.3. The van der Waals surface area contributed by atoms with E-state index in [1.54, 1.807) is 24.3 Å². The molecule has 0 aliphatic heterocycles. The molecular formula is C14H10BrClF3NO. The van der Waals surface area contributed by atoms with E-state index in [1.165, 1.54) is 18.2 Å². The fourth-order valence-electron chi connectivity index (χ4n) is 1.84. The number of halogens is 5. The molecule has 2 N–H and O–H groups in total. The Labute approximate surface area is 132 Å². The van der Waals surface area contributed by atoms with Crippen LogP contribution >= 0.6 is 27.5 Å². The van der Waals surface area contributed by atoms with Crippen LogP contribution in [0.4, 0.5) is 13.2 Å². The van der Waals surface area contributed by atoms with Crippen LogP contribution in [0, 0.1) is 0 Å². The molecule has 0 aromatic heterocycles. The van der Waals surface area contributed by atoms with Crippen molar-refractivity contribution in [3.05, 3.63) is 63.1 Å². The molecule has 0 aliphatic carbocycles. The van der Waals surface area contributed by atoms with Gasteiger partial charge in [0.1, 0.15) is 5.75 Å². The van der Waals surface area contributed by atoms with E-state index in [9.17, 15) is 13.2 Å². The molecule has 2 aromatic rings. The molecule has 0 saturated carbocycles. The van der Waals surface area contributed by atoms with Gasteiger partial charge < -0.3 is 10.5 Å². The van der Waals surface area contributed by atoms with E-state index >= 15 is 0 Å². The molecule has 0 aliphatic rings. The van der Waals surface area contributed by atoms with Crippen LogP contribution in [0.1, 0.15) is 17.2 Å². The van der Waals surface area contributed by atoms with Gasteiger partial charge in [0.15, 0.2) is 0 Å². The Morgan fingerprint density at radius 1 is 1.14 bits per heavy atom. The van der Waals surface area contributed by atoms with Crippen molar-refractivity contribution >= 4 is 27.5 Å². The van der Waals surface area contributed by atoms with Crippen molar-refractivity contribution in [2.24, 2.45) is 5.73 Å². The maximum atomic E-state index is 12.2. The molecule has 1 unspecified atom stereocenters. The van der Waals surface area contributed by atoms with Gasteiger partial charge in [0.2, 0.25) is 0 Å². The highest BCUT2D eigenvalue weighted by Gasteiger charge is 2.31. The van der Waals surface area contributed by atoms with Crippen molar-refractivity contribution in [1.29, 1.82) is 0 Å². The van der Waals surface area contributed by atoms with Gasteiger partial charge in [-0.15, -0.1) is 13.2 Å². The smallest absolute Gasteiger partial charge is 0.406 e. The van der Waals surface area contributed by atoms with Crippen LogP contribution in [0.3, 0.4) is 0 Å². The summed E-state index contributed by atoms with van der Waals surface area (Å²) in [6.45, 7) is 0. The second-order valence-electron chi connectivity index (χ2n) is 4.26. The van der Waals surface area contributed by atoms with E-state index in [1.807, 2.05) is 0 Å². The first-order chi connectivity index (χ1) is 9.76. The Morgan fingerprint density at radius 2 is 1.86 bits per heavy atom. The normalized spacial score (nSPS) is 13.0. The first-order valence-corrected chi connectivity index (χ1v) is 6.99. The third kappa shape index (κ3) is 4.36. The van der Waals surface area contributed by atoms with Gasteiger partial charge in [-0.1, -0.05) is 39.7 Å². The second-order valence-corrected chi connectivity index (χ2v) is 5.55. The van der Waals surface area contributed by atoms with Crippen LogP contribution in [0.15, 0.2) is 46.9 Å². The molecule has 0 saturated heterocycles. The van der Waals surface area contributed by atoms with Crippen molar-refractivity contribution in [2.45, 2.75) is 12.4 Å². The molecule has 2 rings (SSSR count). The predicted molar refractivity (Wildman–Crippen MR) is 78.3 cm³/mol. The van der Waals surface area contributed by atoms with Crippen molar-refractivity contribution < 1.29 is 17.9 Å². The molecule has 2 aromatic carbocycles. The highest BCUT2D eigenvalue weighted by molar-refractivity contribution is 9.10. The lowest BCUT2D eigenvalue weighted by Gasteiger charge is -2.16. The van der Waals surface area contributed by atoms with Gasteiger partial charge in [-0.3, -0.25) is 0 Å². The minimum absolute atomic E-state index is 0.311. The fraction of sp³-hybridized carbons (Fsp3) is 0.143. The van der Waals surface area contributed by atoms with Crippen molar-refractivity contribution in [3.8, 4) is 5.75 Å². The monoisotopic (exact) mass is 379 g/mol. The predicted octanol–water partition coefficient (Wildman–Crippen LogP) is 5.05. The summed E-state index contributed by atoms with van der Waals surface area (Å²) in [5.74, 6) is -0.311. The van der Waals surface area contributed by atoms with Gasteiger partial charge in [-0.25, -0.2) is 0 Å². The first-order valence-electron chi connectivity index (χ1n) is 5.82. The van der Waals surface area contributed by atoms with Crippen LogP contribution in [0.2, 0.25) is 5.02 Å². The average Bonchev–Trinajstić information content (AvgIpc) is 2.39. The summed E-state index contributed by atoms with van der Waals surface area (Å²) in [5, 5.41) is 0.492. The Balaban J connectivity index is 2.33. The van der Waals surface area contributed by atoms with E-state index in [0.29, 0.717) is 16.1 Å². The zero-order chi connectivity index (χ0) is 15.6. The quantitative estimate of drug-likeness (QED) is 0.809. The zero-order valence-electron chi connectivity index (χ0n) is 10.5. The van der Waals surface area contributed by atoms with Gasteiger partial charge in [0.05, 0.1) is 6.04 Å². The summed E-state index contributed by atoms with van der Waals surface area (Å²) >= 11 is 9.26. The second kappa shape index (κ2) is 6.25. The van der Waals surface area contributed by atoms with Crippen LogP contribution in [-0.2, 0) is 0 Å². The van der Waals surface area contributed by atoms with Crippen LogP contribution in [0.5, 0.6) is 5.75 Å². The number of rotatable bonds is 3. The maximum Gasteiger partial charge on any atom is 0.573 e. The minimum atomic E-state index is -4.74. The van der Waals surface area contributed by atoms with Crippen molar-refractivity contribution in [1.82, 2.24) is 0 Å².